The molecule has 0 bridgehead atoms. The monoisotopic (exact) mass is 419 g/mol. The molecule has 30 heavy (non-hydrogen) atoms. The van der Waals surface area contributed by atoms with Gasteiger partial charge in [0, 0.05) is 31.9 Å². The molecule has 162 valence electrons. The Balaban J connectivity index is 1.90. The first-order valence-electron chi connectivity index (χ1n) is 10.0. The lowest BCUT2D eigenvalue weighted by Gasteiger charge is -2.36. The molecule has 0 radical (unpaired) electrons. The number of benzene rings is 1. The number of anilines is 1. The molecule has 4 rings (SSSR count). The minimum absolute atomic E-state index is 0.0259. The second-order valence-electron chi connectivity index (χ2n) is 8.15. The Bertz CT molecular complexity index is 1050. The van der Waals surface area contributed by atoms with Crippen molar-refractivity contribution in [1.29, 1.82) is 0 Å². The van der Waals surface area contributed by atoms with E-state index < -0.39 is 17.2 Å². The van der Waals surface area contributed by atoms with Crippen molar-refractivity contribution in [3.63, 3.8) is 0 Å². The number of likely N-dealkylation sites (N-methyl/N-ethyl adjacent to an activating group) is 1. The number of halogens is 1. The van der Waals surface area contributed by atoms with E-state index in [1.54, 1.807) is 4.57 Å². The number of hydrogen-bond acceptors (Lipinski definition) is 6. The molecule has 1 saturated carbocycles. The van der Waals surface area contributed by atoms with Crippen LogP contribution in [-0.4, -0.2) is 74.1 Å². The Labute approximate surface area is 173 Å². The Morgan fingerprint density at radius 2 is 2.13 bits per heavy atom. The van der Waals surface area contributed by atoms with Crippen molar-refractivity contribution in [3.05, 3.63) is 33.9 Å². The van der Waals surface area contributed by atoms with E-state index in [1.165, 1.54) is 13.3 Å². The largest absolute Gasteiger partial charge is 0.492 e. The van der Waals surface area contributed by atoms with Crippen molar-refractivity contribution in [3.8, 4) is 5.75 Å². The van der Waals surface area contributed by atoms with Gasteiger partial charge < -0.3 is 28.9 Å². The zero-order chi connectivity index (χ0) is 21.6. The van der Waals surface area contributed by atoms with E-state index in [9.17, 15) is 14.7 Å². The number of methoxy groups -OCH3 is 1. The Morgan fingerprint density at radius 3 is 2.73 bits per heavy atom. The number of carbonyl (C=O) groups is 1. The number of nitrogens with zero attached hydrogens (tertiary/aromatic N) is 3. The van der Waals surface area contributed by atoms with Crippen LogP contribution in [0.15, 0.2) is 17.1 Å². The molecule has 1 atom stereocenters. The second kappa shape index (κ2) is 7.88. The average molecular weight is 419 g/mol. The van der Waals surface area contributed by atoms with Gasteiger partial charge in [0.05, 0.1) is 30.7 Å². The van der Waals surface area contributed by atoms with Gasteiger partial charge >= 0.3 is 5.97 Å². The van der Waals surface area contributed by atoms with Crippen LogP contribution in [0.4, 0.5) is 10.1 Å². The fourth-order valence-corrected chi connectivity index (χ4v) is 4.16. The maximum Gasteiger partial charge on any atom is 0.341 e. The molecular weight excluding hydrogens is 393 g/mol. The van der Waals surface area contributed by atoms with E-state index in [0.29, 0.717) is 31.8 Å². The van der Waals surface area contributed by atoms with Gasteiger partial charge in [-0.3, -0.25) is 4.79 Å². The molecule has 2 fully saturated rings. The second-order valence-corrected chi connectivity index (χ2v) is 8.15. The summed E-state index contributed by atoms with van der Waals surface area (Å²) >= 11 is 0. The molecule has 1 aliphatic carbocycles. The predicted octanol–water partition coefficient (Wildman–Crippen LogP) is 1.95. The summed E-state index contributed by atoms with van der Waals surface area (Å²) < 4.78 is 28.5. The van der Waals surface area contributed by atoms with Gasteiger partial charge in [-0.1, -0.05) is 0 Å². The minimum atomic E-state index is -1.32. The molecule has 2 aromatic rings. The highest BCUT2D eigenvalue weighted by atomic mass is 19.1. The molecule has 2 heterocycles. The van der Waals surface area contributed by atoms with Gasteiger partial charge in [0.15, 0.2) is 11.6 Å². The van der Waals surface area contributed by atoms with Gasteiger partial charge in [-0.25, -0.2) is 9.18 Å². The van der Waals surface area contributed by atoms with Crippen LogP contribution in [0.2, 0.25) is 0 Å². The van der Waals surface area contributed by atoms with Crippen LogP contribution in [0.3, 0.4) is 0 Å². The third-order valence-corrected chi connectivity index (χ3v) is 5.60. The normalized spacial score (nSPS) is 19.5. The van der Waals surface area contributed by atoms with Crippen molar-refractivity contribution in [2.45, 2.75) is 25.0 Å². The first-order valence-corrected chi connectivity index (χ1v) is 10.0. The summed E-state index contributed by atoms with van der Waals surface area (Å²) in [6.45, 7) is 2.12. The topological polar surface area (TPSA) is 84.2 Å². The number of hydrogen-bond donors (Lipinski definition) is 1. The number of carboxylic acids is 1. The van der Waals surface area contributed by atoms with Crippen LogP contribution in [0, 0.1) is 5.82 Å². The number of ether oxygens (including phenoxy) is 2. The summed E-state index contributed by atoms with van der Waals surface area (Å²) in [6, 6.07) is 1.22. The summed E-state index contributed by atoms with van der Waals surface area (Å²) in [5.74, 6) is -1.66. The number of aromatic carboxylic acids is 1. The SMILES string of the molecule is COc1c(N2CCOC(CN(C)C)C2)c(F)cc2c(=O)c(C(=O)O)cn(C3CC3)c12. The zero-order valence-corrected chi connectivity index (χ0v) is 17.4. The zero-order valence-electron chi connectivity index (χ0n) is 17.4. The third-order valence-electron chi connectivity index (χ3n) is 5.60. The van der Waals surface area contributed by atoms with Crippen molar-refractivity contribution < 1.29 is 23.8 Å². The number of rotatable bonds is 6. The van der Waals surface area contributed by atoms with Crippen LogP contribution in [0.25, 0.3) is 10.9 Å². The number of carboxylic acid groups (broad SMARTS) is 1. The highest BCUT2D eigenvalue weighted by Crippen LogP contribution is 2.43. The summed E-state index contributed by atoms with van der Waals surface area (Å²) in [6.07, 6.45) is 3.02. The van der Waals surface area contributed by atoms with Gasteiger partial charge in [-0.05, 0) is 33.0 Å². The highest BCUT2D eigenvalue weighted by Gasteiger charge is 2.32. The van der Waals surface area contributed by atoms with E-state index in [-0.39, 0.29) is 34.5 Å². The molecule has 8 nitrogen and oxygen atoms in total. The molecule has 1 aliphatic heterocycles. The number of fused-ring (bicyclic) bond motifs is 1. The smallest absolute Gasteiger partial charge is 0.341 e. The lowest BCUT2D eigenvalue weighted by atomic mass is 10.1. The molecule has 1 unspecified atom stereocenters. The van der Waals surface area contributed by atoms with Crippen LogP contribution in [0.5, 0.6) is 5.75 Å². The molecule has 9 heteroatoms. The van der Waals surface area contributed by atoms with Crippen LogP contribution in [0.1, 0.15) is 29.2 Å². The van der Waals surface area contributed by atoms with Crippen LogP contribution in [-0.2, 0) is 4.74 Å². The summed E-state index contributed by atoms with van der Waals surface area (Å²) in [5.41, 5.74) is -0.331. The Hall–Kier alpha value is -2.65. The van der Waals surface area contributed by atoms with Crippen LogP contribution < -0.4 is 15.1 Å². The predicted molar refractivity (Wildman–Crippen MR) is 110 cm³/mol. The summed E-state index contributed by atoms with van der Waals surface area (Å²) in [7, 11) is 5.35. The van der Waals surface area contributed by atoms with E-state index >= 15 is 4.39 Å². The lowest BCUT2D eigenvalue weighted by Crippen LogP contribution is -2.47. The van der Waals surface area contributed by atoms with Gasteiger partial charge in [0.25, 0.3) is 0 Å². The van der Waals surface area contributed by atoms with Crippen molar-refractivity contribution in [1.82, 2.24) is 9.47 Å². The minimum Gasteiger partial charge on any atom is -0.492 e. The van der Waals surface area contributed by atoms with Gasteiger partial charge in [0.1, 0.15) is 11.3 Å². The van der Waals surface area contributed by atoms with Gasteiger partial charge in [-0.15, -0.1) is 0 Å². The van der Waals surface area contributed by atoms with E-state index in [0.717, 1.165) is 18.9 Å². The quantitative estimate of drug-likeness (QED) is 0.766. The van der Waals surface area contributed by atoms with Gasteiger partial charge in [0.2, 0.25) is 5.43 Å². The molecule has 1 saturated heterocycles. The first kappa shape index (κ1) is 20.6. The van der Waals surface area contributed by atoms with E-state index in [4.69, 9.17) is 9.47 Å². The lowest BCUT2D eigenvalue weighted by molar-refractivity contribution is 0.0245. The Kier molecular flexibility index (Phi) is 5.42. The molecular formula is C21H26FN3O5. The molecule has 1 aromatic carbocycles. The average Bonchev–Trinajstić information content (AvgIpc) is 3.52. The van der Waals surface area contributed by atoms with Gasteiger partial charge in [-0.2, -0.15) is 0 Å². The number of pyridine rings is 1. The maximum atomic E-state index is 15.3. The van der Waals surface area contributed by atoms with Crippen molar-refractivity contribution >= 4 is 22.6 Å². The molecule has 1 aromatic heterocycles. The molecule has 2 aliphatic rings. The molecule has 0 spiro atoms. The molecule has 1 N–H and O–H groups in total. The standard InChI is InChI=1S/C21H26FN3O5/c1-23(2)9-13-10-24(6-7-30-13)18-16(22)8-14-17(20(18)29-3)25(12-4-5-12)11-15(19(14)26)21(27)28/h8,11-13H,4-7,9-10H2,1-3H3,(H,27,28). The summed E-state index contributed by atoms with van der Waals surface area (Å²) in [5, 5.41) is 9.47. The summed E-state index contributed by atoms with van der Waals surface area (Å²) in [4.78, 5) is 28.3. The van der Waals surface area contributed by atoms with E-state index in [2.05, 4.69) is 0 Å². The van der Waals surface area contributed by atoms with Crippen molar-refractivity contribution in [2.75, 3.05) is 52.3 Å². The van der Waals surface area contributed by atoms with E-state index in [1.807, 2.05) is 23.9 Å². The third kappa shape index (κ3) is 3.63. The fraction of sp³-hybridized carbons (Fsp3) is 0.524. The number of morpholine rings is 1. The maximum absolute atomic E-state index is 15.3. The highest BCUT2D eigenvalue weighted by molar-refractivity contribution is 5.97. The van der Waals surface area contributed by atoms with Crippen LogP contribution >= 0.6 is 0 Å². The van der Waals surface area contributed by atoms with Crippen molar-refractivity contribution in [2.24, 2.45) is 0 Å². The molecule has 0 amide bonds. The fourth-order valence-electron chi connectivity index (χ4n) is 4.16. The number of aromatic nitrogens is 1. The Morgan fingerprint density at radius 1 is 1.40 bits per heavy atom. The first-order chi connectivity index (χ1) is 14.3.